The third kappa shape index (κ3) is 1.27. The molecular formula is C12H16N2O. The maximum atomic E-state index is 11.8. The lowest BCUT2D eigenvalue weighted by atomic mass is 9.82. The van der Waals surface area contributed by atoms with Crippen molar-refractivity contribution in [1.82, 2.24) is 0 Å². The number of fused-ring (bicyclic) bond motifs is 1. The van der Waals surface area contributed by atoms with Gasteiger partial charge in [-0.15, -0.1) is 0 Å². The summed E-state index contributed by atoms with van der Waals surface area (Å²) < 4.78 is 0. The summed E-state index contributed by atoms with van der Waals surface area (Å²) >= 11 is 0. The Morgan fingerprint density at radius 3 is 2.67 bits per heavy atom. The molecule has 0 bridgehead atoms. The van der Waals surface area contributed by atoms with Crippen LogP contribution in [0.1, 0.15) is 30.5 Å². The van der Waals surface area contributed by atoms with Crippen LogP contribution in [0.4, 0.5) is 5.69 Å². The van der Waals surface area contributed by atoms with Gasteiger partial charge in [0.1, 0.15) is 0 Å². The van der Waals surface area contributed by atoms with E-state index in [4.69, 9.17) is 5.73 Å². The Morgan fingerprint density at radius 1 is 1.40 bits per heavy atom. The predicted molar refractivity (Wildman–Crippen MR) is 60.7 cm³/mol. The number of nitrogens with one attached hydrogen (secondary N) is 1. The van der Waals surface area contributed by atoms with Gasteiger partial charge in [0.15, 0.2) is 0 Å². The monoisotopic (exact) mass is 204 g/mol. The molecule has 0 atom stereocenters. The predicted octanol–water partition coefficient (Wildman–Crippen LogP) is 1.68. The van der Waals surface area contributed by atoms with Gasteiger partial charge in [0.2, 0.25) is 5.91 Å². The summed E-state index contributed by atoms with van der Waals surface area (Å²) in [4.78, 5) is 11.8. The van der Waals surface area contributed by atoms with E-state index in [1.807, 2.05) is 32.9 Å². The molecule has 0 aromatic heterocycles. The molecule has 2 rings (SSSR count). The van der Waals surface area contributed by atoms with Crippen LogP contribution in [0, 0.1) is 6.92 Å². The molecule has 3 N–H and O–H groups in total. The maximum Gasteiger partial charge on any atom is 0.234 e. The van der Waals surface area contributed by atoms with Gasteiger partial charge in [-0.25, -0.2) is 0 Å². The van der Waals surface area contributed by atoms with E-state index in [1.54, 1.807) is 0 Å². The fourth-order valence-corrected chi connectivity index (χ4v) is 2.18. The second-order valence-corrected chi connectivity index (χ2v) is 4.57. The van der Waals surface area contributed by atoms with Crippen LogP contribution in [0.5, 0.6) is 0 Å². The quantitative estimate of drug-likeness (QED) is 0.731. The van der Waals surface area contributed by atoms with Crippen molar-refractivity contribution in [3.63, 3.8) is 0 Å². The van der Waals surface area contributed by atoms with Crippen molar-refractivity contribution >= 4 is 11.6 Å². The second-order valence-electron chi connectivity index (χ2n) is 4.57. The van der Waals surface area contributed by atoms with E-state index in [0.29, 0.717) is 6.54 Å². The summed E-state index contributed by atoms with van der Waals surface area (Å²) in [6, 6.07) is 4.01. The fraction of sp³-hybridized carbons (Fsp3) is 0.417. The number of carbonyl (C=O) groups excluding carboxylic acids is 1. The van der Waals surface area contributed by atoms with E-state index in [-0.39, 0.29) is 5.91 Å². The molecule has 80 valence electrons. The van der Waals surface area contributed by atoms with Crippen LogP contribution in [0.15, 0.2) is 12.1 Å². The van der Waals surface area contributed by atoms with E-state index in [9.17, 15) is 4.79 Å². The van der Waals surface area contributed by atoms with Crippen LogP contribution in [-0.2, 0) is 16.8 Å². The Bertz CT molecular complexity index is 435. The minimum atomic E-state index is -0.462. The fourth-order valence-electron chi connectivity index (χ4n) is 2.18. The molecule has 3 nitrogen and oxygen atoms in total. The van der Waals surface area contributed by atoms with Crippen molar-refractivity contribution in [1.29, 1.82) is 0 Å². The van der Waals surface area contributed by atoms with Gasteiger partial charge in [-0.2, -0.15) is 0 Å². The largest absolute Gasteiger partial charge is 0.326 e. The van der Waals surface area contributed by atoms with Crippen LogP contribution < -0.4 is 11.1 Å². The van der Waals surface area contributed by atoms with Crippen molar-refractivity contribution in [3.8, 4) is 0 Å². The van der Waals surface area contributed by atoms with Crippen molar-refractivity contribution in [2.24, 2.45) is 5.73 Å². The highest BCUT2D eigenvalue weighted by atomic mass is 16.2. The van der Waals surface area contributed by atoms with Gasteiger partial charge >= 0.3 is 0 Å². The van der Waals surface area contributed by atoms with Crippen LogP contribution in [0.25, 0.3) is 0 Å². The van der Waals surface area contributed by atoms with Crippen molar-refractivity contribution in [2.45, 2.75) is 32.7 Å². The van der Waals surface area contributed by atoms with E-state index in [1.165, 1.54) is 0 Å². The highest BCUT2D eigenvalue weighted by molar-refractivity contribution is 6.06. The molecule has 1 aliphatic heterocycles. The standard InChI is InChI=1S/C12H16N2O/c1-7-4-5-8(6-13)9-10(7)14-11(15)12(9,2)3/h4-5H,6,13H2,1-3H3,(H,14,15). The maximum absolute atomic E-state index is 11.8. The average Bonchev–Trinajstić information content (AvgIpc) is 2.42. The van der Waals surface area contributed by atoms with E-state index in [0.717, 1.165) is 22.4 Å². The summed E-state index contributed by atoms with van der Waals surface area (Å²) in [6.07, 6.45) is 0. The first-order valence-electron chi connectivity index (χ1n) is 5.13. The third-order valence-corrected chi connectivity index (χ3v) is 3.15. The molecular weight excluding hydrogens is 188 g/mol. The van der Waals surface area contributed by atoms with Gasteiger partial charge in [-0.3, -0.25) is 4.79 Å². The summed E-state index contributed by atoms with van der Waals surface area (Å²) in [6.45, 7) is 6.35. The van der Waals surface area contributed by atoms with Crippen LogP contribution in [-0.4, -0.2) is 5.91 Å². The van der Waals surface area contributed by atoms with Gasteiger partial charge in [0.05, 0.1) is 5.41 Å². The number of benzene rings is 1. The lowest BCUT2D eigenvalue weighted by molar-refractivity contribution is -0.119. The molecule has 0 fully saturated rings. The van der Waals surface area contributed by atoms with Crippen molar-refractivity contribution < 1.29 is 4.79 Å². The van der Waals surface area contributed by atoms with Gasteiger partial charge in [-0.05, 0) is 37.5 Å². The zero-order chi connectivity index (χ0) is 11.2. The first-order chi connectivity index (χ1) is 6.98. The average molecular weight is 204 g/mol. The molecule has 0 radical (unpaired) electrons. The molecule has 1 heterocycles. The van der Waals surface area contributed by atoms with Gasteiger partial charge in [0.25, 0.3) is 0 Å². The second kappa shape index (κ2) is 3.07. The number of hydrogen-bond acceptors (Lipinski definition) is 2. The SMILES string of the molecule is Cc1ccc(CN)c2c1NC(=O)C2(C)C. The number of anilines is 1. The normalized spacial score (nSPS) is 17.5. The molecule has 1 aromatic carbocycles. The van der Waals surface area contributed by atoms with Crippen LogP contribution in [0.3, 0.4) is 0 Å². The lowest BCUT2D eigenvalue weighted by Gasteiger charge is -2.18. The zero-order valence-corrected chi connectivity index (χ0v) is 9.35. The molecule has 0 unspecified atom stereocenters. The highest BCUT2D eigenvalue weighted by Gasteiger charge is 2.40. The van der Waals surface area contributed by atoms with Crippen molar-refractivity contribution in [3.05, 3.63) is 28.8 Å². The number of hydrogen-bond donors (Lipinski definition) is 2. The smallest absolute Gasteiger partial charge is 0.234 e. The molecule has 0 aliphatic carbocycles. The van der Waals surface area contributed by atoms with Gasteiger partial charge in [0, 0.05) is 12.2 Å². The topological polar surface area (TPSA) is 55.1 Å². The molecule has 15 heavy (non-hydrogen) atoms. The molecule has 1 amide bonds. The number of carbonyl (C=O) groups is 1. The molecule has 0 saturated heterocycles. The molecule has 3 heteroatoms. The number of nitrogens with two attached hydrogens (primary N) is 1. The first kappa shape index (κ1) is 10.2. The molecule has 0 saturated carbocycles. The van der Waals surface area contributed by atoms with Gasteiger partial charge in [-0.1, -0.05) is 12.1 Å². The Hall–Kier alpha value is -1.35. The van der Waals surface area contributed by atoms with Crippen LogP contribution in [0.2, 0.25) is 0 Å². The summed E-state index contributed by atoms with van der Waals surface area (Å²) in [5, 5.41) is 2.94. The summed E-state index contributed by atoms with van der Waals surface area (Å²) in [7, 11) is 0. The zero-order valence-electron chi connectivity index (χ0n) is 9.35. The minimum Gasteiger partial charge on any atom is -0.326 e. The number of rotatable bonds is 1. The van der Waals surface area contributed by atoms with Crippen molar-refractivity contribution in [2.75, 3.05) is 5.32 Å². The Kier molecular flexibility index (Phi) is 2.08. The number of amides is 1. The van der Waals surface area contributed by atoms with E-state index in [2.05, 4.69) is 5.32 Å². The molecule has 1 aromatic rings. The first-order valence-corrected chi connectivity index (χ1v) is 5.13. The molecule has 1 aliphatic rings. The number of aryl methyl sites for hydroxylation is 1. The summed E-state index contributed by atoms with van der Waals surface area (Å²) in [5.41, 5.74) is 9.41. The van der Waals surface area contributed by atoms with E-state index < -0.39 is 5.41 Å². The Labute approximate surface area is 89.7 Å². The minimum absolute atomic E-state index is 0.0569. The highest BCUT2D eigenvalue weighted by Crippen LogP contribution is 2.41. The van der Waals surface area contributed by atoms with Crippen LogP contribution >= 0.6 is 0 Å². The third-order valence-electron chi connectivity index (χ3n) is 3.15. The molecule has 0 spiro atoms. The lowest BCUT2D eigenvalue weighted by Crippen LogP contribution is -2.28. The van der Waals surface area contributed by atoms with Gasteiger partial charge < -0.3 is 11.1 Å². The Balaban J connectivity index is 2.73. The summed E-state index contributed by atoms with van der Waals surface area (Å²) in [5.74, 6) is 0.0569. The Morgan fingerprint density at radius 2 is 2.07 bits per heavy atom. The van der Waals surface area contributed by atoms with E-state index >= 15 is 0 Å².